The molecule has 0 aliphatic heterocycles. The van der Waals surface area contributed by atoms with Crippen molar-refractivity contribution in [1.82, 2.24) is 0 Å². The second kappa shape index (κ2) is 8.35. The fraction of sp³-hybridized carbons (Fsp3) is 0.296. The van der Waals surface area contributed by atoms with E-state index in [0.29, 0.717) is 5.75 Å². The number of phenolic OH excluding ortho intramolecular Hbond substituents is 1. The summed E-state index contributed by atoms with van der Waals surface area (Å²) in [7, 11) is 0. The predicted molar refractivity (Wildman–Crippen MR) is 129 cm³/mol. The molecule has 0 saturated heterocycles. The zero-order chi connectivity index (χ0) is 21.9. The maximum Gasteiger partial charge on any atom is 0.128 e. The van der Waals surface area contributed by atoms with Gasteiger partial charge in [-0.3, -0.25) is 4.99 Å². The molecule has 3 heteroatoms. The van der Waals surface area contributed by atoms with Crippen molar-refractivity contribution >= 4 is 23.3 Å². The van der Waals surface area contributed by atoms with Crippen molar-refractivity contribution in [3.63, 3.8) is 0 Å². The number of aromatic hydroxyl groups is 1. The van der Waals surface area contributed by atoms with Gasteiger partial charge in [0.2, 0.25) is 0 Å². The molecule has 3 aromatic carbocycles. The Labute approximate surface area is 180 Å². The van der Waals surface area contributed by atoms with E-state index in [9.17, 15) is 5.11 Å². The molecule has 0 radical (unpaired) electrons. The molecule has 0 bridgehead atoms. The minimum Gasteiger partial charge on any atom is -0.507 e. The topological polar surface area (TPSA) is 44.6 Å². The molecule has 0 aliphatic carbocycles. The van der Waals surface area contributed by atoms with Gasteiger partial charge in [0.1, 0.15) is 5.75 Å². The lowest BCUT2D eigenvalue weighted by Gasteiger charge is -2.27. The summed E-state index contributed by atoms with van der Waals surface area (Å²) in [6, 6.07) is 22.1. The van der Waals surface area contributed by atoms with Crippen molar-refractivity contribution < 1.29 is 5.11 Å². The summed E-state index contributed by atoms with van der Waals surface area (Å²) in [6.45, 7) is 12.9. The molecule has 0 aliphatic rings. The first-order valence-electron chi connectivity index (χ1n) is 10.4. The third kappa shape index (κ3) is 5.10. The van der Waals surface area contributed by atoms with E-state index in [1.54, 1.807) is 6.21 Å². The van der Waals surface area contributed by atoms with Crippen LogP contribution in [-0.2, 0) is 10.8 Å². The highest BCUT2D eigenvalue weighted by atomic mass is 16.3. The molecule has 156 valence electrons. The maximum atomic E-state index is 11.0. The average Bonchev–Trinajstić information content (AvgIpc) is 2.67. The maximum absolute atomic E-state index is 11.0. The van der Waals surface area contributed by atoms with Gasteiger partial charge in [0.25, 0.3) is 0 Å². The number of rotatable bonds is 4. The van der Waals surface area contributed by atoms with Crippen molar-refractivity contribution in [2.24, 2.45) is 4.99 Å². The minimum absolute atomic E-state index is 0.0247. The first-order valence-corrected chi connectivity index (χ1v) is 10.4. The van der Waals surface area contributed by atoms with Crippen LogP contribution in [0.5, 0.6) is 5.75 Å². The first-order chi connectivity index (χ1) is 14.1. The summed E-state index contributed by atoms with van der Waals surface area (Å²) in [5, 5.41) is 14.4. The van der Waals surface area contributed by atoms with Gasteiger partial charge in [-0.25, -0.2) is 0 Å². The van der Waals surface area contributed by atoms with Gasteiger partial charge in [-0.15, -0.1) is 0 Å². The first kappa shape index (κ1) is 21.6. The van der Waals surface area contributed by atoms with E-state index >= 15 is 0 Å². The van der Waals surface area contributed by atoms with Gasteiger partial charge in [0, 0.05) is 23.0 Å². The average molecular weight is 401 g/mol. The number of hydrogen-bond acceptors (Lipinski definition) is 3. The smallest absolute Gasteiger partial charge is 0.128 e. The molecule has 0 spiro atoms. The van der Waals surface area contributed by atoms with E-state index < -0.39 is 0 Å². The molecule has 0 saturated carbocycles. The van der Waals surface area contributed by atoms with Crippen molar-refractivity contribution in [2.45, 2.75) is 52.4 Å². The van der Waals surface area contributed by atoms with Crippen molar-refractivity contribution in [1.29, 1.82) is 0 Å². The Morgan fingerprint density at radius 2 is 1.43 bits per heavy atom. The highest BCUT2D eigenvalue weighted by Crippen LogP contribution is 2.37. The van der Waals surface area contributed by atoms with Crippen LogP contribution in [0, 0.1) is 0 Å². The number of nitrogens with one attached hydrogen (secondary N) is 1. The van der Waals surface area contributed by atoms with Crippen LogP contribution in [0.25, 0.3) is 0 Å². The van der Waals surface area contributed by atoms with Crippen molar-refractivity contribution in [2.75, 3.05) is 5.32 Å². The normalized spacial score (nSPS) is 12.3. The summed E-state index contributed by atoms with van der Waals surface area (Å²) < 4.78 is 0. The molecular formula is C27H32N2O. The fourth-order valence-corrected chi connectivity index (χ4v) is 3.27. The SMILES string of the molecule is CC(C)(C)c1cc(C=Nc2ccccc2Nc2ccccc2)c(O)c(C(C)(C)C)c1. The lowest BCUT2D eigenvalue weighted by molar-refractivity contribution is 0.444. The van der Waals surface area contributed by atoms with Gasteiger partial charge in [0.15, 0.2) is 0 Å². The summed E-state index contributed by atoms with van der Waals surface area (Å²) >= 11 is 0. The van der Waals surface area contributed by atoms with E-state index in [0.717, 1.165) is 28.2 Å². The van der Waals surface area contributed by atoms with Gasteiger partial charge in [-0.1, -0.05) is 77.9 Å². The van der Waals surface area contributed by atoms with Crippen LogP contribution in [0.3, 0.4) is 0 Å². The fourth-order valence-electron chi connectivity index (χ4n) is 3.27. The van der Waals surface area contributed by atoms with Crippen LogP contribution >= 0.6 is 0 Å². The number of aliphatic imine (C=N–C) groups is 1. The summed E-state index contributed by atoms with van der Waals surface area (Å²) in [5.41, 5.74) is 5.41. The summed E-state index contributed by atoms with van der Waals surface area (Å²) in [6.07, 6.45) is 1.77. The molecule has 3 rings (SSSR count). The zero-order valence-corrected chi connectivity index (χ0v) is 18.8. The zero-order valence-electron chi connectivity index (χ0n) is 18.8. The molecule has 3 nitrogen and oxygen atoms in total. The Hall–Kier alpha value is -3.07. The number of phenols is 1. The van der Waals surface area contributed by atoms with Gasteiger partial charge < -0.3 is 10.4 Å². The Kier molecular flexibility index (Phi) is 6.02. The molecule has 0 amide bonds. The van der Waals surface area contributed by atoms with Gasteiger partial charge in [0.05, 0.1) is 11.4 Å². The van der Waals surface area contributed by atoms with E-state index in [4.69, 9.17) is 4.99 Å². The highest BCUT2D eigenvalue weighted by molar-refractivity contribution is 5.88. The van der Waals surface area contributed by atoms with Crippen molar-refractivity contribution in [3.8, 4) is 5.75 Å². The molecule has 2 N–H and O–H groups in total. The van der Waals surface area contributed by atoms with E-state index in [-0.39, 0.29) is 10.8 Å². The van der Waals surface area contributed by atoms with E-state index in [1.807, 2.05) is 60.7 Å². The quantitative estimate of drug-likeness (QED) is 0.446. The molecule has 0 atom stereocenters. The summed E-state index contributed by atoms with van der Waals surface area (Å²) in [4.78, 5) is 4.73. The van der Waals surface area contributed by atoms with Gasteiger partial charge in [-0.2, -0.15) is 0 Å². The molecular weight excluding hydrogens is 368 g/mol. The predicted octanol–water partition coefficient (Wildman–Crippen LogP) is 7.48. The number of hydrogen-bond donors (Lipinski definition) is 2. The summed E-state index contributed by atoms with van der Waals surface area (Å²) in [5.74, 6) is 0.299. The molecule has 30 heavy (non-hydrogen) atoms. The minimum atomic E-state index is -0.166. The van der Waals surface area contributed by atoms with Gasteiger partial charge >= 0.3 is 0 Å². The van der Waals surface area contributed by atoms with Crippen LogP contribution in [0.15, 0.2) is 71.7 Å². The Morgan fingerprint density at radius 1 is 0.800 bits per heavy atom. The Morgan fingerprint density at radius 3 is 2.07 bits per heavy atom. The lowest BCUT2D eigenvalue weighted by Crippen LogP contribution is -2.17. The molecule has 0 heterocycles. The lowest BCUT2D eigenvalue weighted by atomic mass is 9.79. The van der Waals surface area contributed by atoms with Gasteiger partial charge in [-0.05, 0) is 46.7 Å². The standard InChI is InChI=1S/C27H32N2O/c1-26(2,3)20-16-19(25(30)22(17-20)27(4,5)6)18-28-23-14-10-11-15-24(23)29-21-12-8-7-9-13-21/h7-18,29-30H,1-6H3. The largest absolute Gasteiger partial charge is 0.507 e. The number of nitrogens with zero attached hydrogens (tertiary/aromatic N) is 1. The van der Waals surface area contributed by atoms with E-state index in [1.165, 1.54) is 5.56 Å². The second-order valence-electron chi connectivity index (χ2n) is 9.73. The van der Waals surface area contributed by atoms with Crippen molar-refractivity contribution in [3.05, 3.63) is 83.4 Å². The van der Waals surface area contributed by atoms with Crippen LogP contribution in [-0.4, -0.2) is 11.3 Å². The number of para-hydroxylation sites is 3. The molecule has 0 aromatic heterocycles. The molecule has 0 unspecified atom stereocenters. The number of anilines is 2. The molecule has 3 aromatic rings. The van der Waals surface area contributed by atoms with Crippen LogP contribution in [0.2, 0.25) is 0 Å². The van der Waals surface area contributed by atoms with Crippen LogP contribution in [0.4, 0.5) is 17.1 Å². The number of benzene rings is 3. The third-order valence-electron chi connectivity index (χ3n) is 5.11. The second-order valence-corrected chi connectivity index (χ2v) is 9.73. The Bertz CT molecular complexity index is 1040. The third-order valence-corrected chi connectivity index (χ3v) is 5.11. The Balaban J connectivity index is 2.03. The van der Waals surface area contributed by atoms with Crippen LogP contribution in [0.1, 0.15) is 58.2 Å². The highest BCUT2D eigenvalue weighted by Gasteiger charge is 2.24. The monoisotopic (exact) mass is 400 g/mol. The van der Waals surface area contributed by atoms with E-state index in [2.05, 4.69) is 52.9 Å². The van der Waals surface area contributed by atoms with Crippen LogP contribution < -0.4 is 5.32 Å². The molecule has 0 fully saturated rings.